The Bertz CT molecular complexity index is 1210. The molecule has 4 rings (SSSR count). The summed E-state index contributed by atoms with van der Waals surface area (Å²) < 4.78 is 32.4. The predicted molar refractivity (Wildman–Crippen MR) is 126 cm³/mol. The predicted octanol–water partition coefficient (Wildman–Crippen LogP) is 3.78. The van der Waals surface area contributed by atoms with Crippen LogP contribution in [0.3, 0.4) is 0 Å². The minimum absolute atomic E-state index is 0.133. The second-order valence-electron chi connectivity index (χ2n) is 7.68. The molecule has 0 bridgehead atoms. The molecular formula is C23H23ClN4O4S. The van der Waals surface area contributed by atoms with Crippen LogP contribution in [0.25, 0.3) is 0 Å². The highest BCUT2D eigenvalue weighted by atomic mass is 35.5. The van der Waals surface area contributed by atoms with Gasteiger partial charge in [-0.1, -0.05) is 11.6 Å². The zero-order valence-corrected chi connectivity index (χ0v) is 19.5. The molecule has 8 nitrogen and oxygen atoms in total. The van der Waals surface area contributed by atoms with Gasteiger partial charge in [-0.05, 0) is 67.4 Å². The van der Waals surface area contributed by atoms with E-state index in [1.54, 1.807) is 42.7 Å². The Morgan fingerprint density at radius 2 is 1.76 bits per heavy atom. The van der Waals surface area contributed by atoms with E-state index in [9.17, 15) is 13.2 Å². The second-order valence-corrected chi connectivity index (χ2v) is 10.1. The Labute approximate surface area is 197 Å². The maximum Gasteiger partial charge on any atom is 0.316 e. The van der Waals surface area contributed by atoms with Gasteiger partial charge in [0.15, 0.2) is 0 Å². The highest BCUT2D eigenvalue weighted by Crippen LogP contribution is 2.27. The number of rotatable bonds is 6. The van der Waals surface area contributed by atoms with Crippen LogP contribution in [0.5, 0.6) is 5.75 Å². The number of anilines is 2. The summed E-state index contributed by atoms with van der Waals surface area (Å²) in [4.78, 5) is 23.4. The van der Waals surface area contributed by atoms with E-state index in [0.29, 0.717) is 29.0 Å². The summed E-state index contributed by atoms with van der Waals surface area (Å²) >= 11 is 5.85. The highest BCUT2D eigenvalue weighted by Gasteiger charge is 2.29. The van der Waals surface area contributed by atoms with Gasteiger partial charge in [0.1, 0.15) is 5.75 Å². The van der Waals surface area contributed by atoms with Gasteiger partial charge in [-0.15, -0.1) is 0 Å². The molecular weight excluding hydrogens is 464 g/mol. The van der Waals surface area contributed by atoms with E-state index < -0.39 is 10.0 Å². The summed E-state index contributed by atoms with van der Waals surface area (Å²) in [5, 5.41) is 0.458. The van der Waals surface area contributed by atoms with Crippen LogP contribution in [-0.2, 0) is 14.8 Å². The average molecular weight is 487 g/mol. The molecule has 1 aromatic heterocycles. The Kier molecular flexibility index (Phi) is 6.80. The van der Waals surface area contributed by atoms with Crippen molar-refractivity contribution in [2.75, 3.05) is 29.3 Å². The third-order valence-corrected chi connectivity index (χ3v) is 7.53. The zero-order valence-electron chi connectivity index (χ0n) is 18.0. The molecule has 0 spiro atoms. The lowest BCUT2D eigenvalue weighted by Gasteiger charge is -2.31. The molecule has 1 atom stereocenters. The number of hydrogen-bond acceptors (Lipinski definition) is 7. The third kappa shape index (κ3) is 5.26. The van der Waals surface area contributed by atoms with Gasteiger partial charge in [0, 0.05) is 37.6 Å². The number of aromatic nitrogens is 2. The lowest BCUT2D eigenvalue weighted by Crippen LogP contribution is -2.41. The maximum atomic E-state index is 12.8. The maximum absolute atomic E-state index is 12.8. The van der Waals surface area contributed by atoms with Crippen LogP contribution >= 0.6 is 11.6 Å². The van der Waals surface area contributed by atoms with Gasteiger partial charge < -0.3 is 9.64 Å². The highest BCUT2D eigenvalue weighted by molar-refractivity contribution is 7.92. The van der Waals surface area contributed by atoms with Crippen molar-refractivity contribution in [1.29, 1.82) is 0 Å². The normalized spacial score (nSPS) is 16.3. The number of esters is 1. The summed E-state index contributed by atoms with van der Waals surface area (Å²) in [5.41, 5.74) is 0.440. The van der Waals surface area contributed by atoms with Crippen LogP contribution < -0.4 is 13.9 Å². The largest absolute Gasteiger partial charge is 0.426 e. The van der Waals surface area contributed by atoms with Gasteiger partial charge >= 0.3 is 5.97 Å². The fourth-order valence-electron chi connectivity index (χ4n) is 3.63. The quantitative estimate of drug-likeness (QED) is 0.386. The molecule has 1 aliphatic heterocycles. The number of nitrogens with zero attached hydrogens (tertiary/aromatic N) is 4. The van der Waals surface area contributed by atoms with Crippen molar-refractivity contribution in [2.24, 2.45) is 5.92 Å². The Balaban J connectivity index is 1.41. The van der Waals surface area contributed by atoms with Crippen LogP contribution in [0, 0.1) is 5.92 Å². The van der Waals surface area contributed by atoms with Crippen molar-refractivity contribution in [3.63, 3.8) is 0 Å². The van der Waals surface area contributed by atoms with Crippen molar-refractivity contribution in [3.05, 3.63) is 72.0 Å². The van der Waals surface area contributed by atoms with Crippen LogP contribution in [0.1, 0.15) is 12.8 Å². The summed E-state index contributed by atoms with van der Waals surface area (Å²) in [7, 11) is -2.28. The first-order chi connectivity index (χ1) is 15.8. The van der Waals surface area contributed by atoms with Gasteiger partial charge in [0.25, 0.3) is 10.0 Å². The first kappa shape index (κ1) is 23.0. The van der Waals surface area contributed by atoms with Crippen LogP contribution in [0.2, 0.25) is 5.02 Å². The first-order valence-electron chi connectivity index (χ1n) is 10.4. The molecule has 1 aliphatic rings. The van der Waals surface area contributed by atoms with Crippen LogP contribution in [0.15, 0.2) is 71.9 Å². The summed E-state index contributed by atoms with van der Waals surface area (Å²) in [5.74, 6) is 0.333. The van der Waals surface area contributed by atoms with Gasteiger partial charge in [-0.3, -0.25) is 9.10 Å². The molecule has 0 amide bonds. The average Bonchev–Trinajstić information content (AvgIpc) is 2.85. The van der Waals surface area contributed by atoms with Gasteiger partial charge in [-0.25, -0.2) is 18.4 Å². The third-order valence-electron chi connectivity index (χ3n) is 5.48. The number of benzene rings is 2. The molecule has 10 heteroatoms. The lowest BCUT2D eigenvalue weighted by atomic mass is 9.98. The minimum atomic E-state index is -3.74. The Morgan fingerprint density at radius 1 is 1.09 bits per heavy atom. The molecule has 2 aromatic carbocycles. The van der Waals surface area contributed by atoms with Crippen LogP contribution in [0.4, 0.5) is 11.6 Å². The van der Waals surface area contributed by atoms with E-state index in [2.05, 4.69) is 9.97 Å². The lowest BCUT2D eigenvalue weighted by molar-refractivity contribution is -0.139. The van der Waals surface area contributed by atoms with Gasteiger partial charge in [0.05, 0.1) is 16.5 Å². The number of halogens is 1. The molecule has 33 heavy (non-hydrogen) atoms. The van der Waals surface area contributed by atoms with E-state index in [1.165, 1.54) is 35.6 Å². The monoisotopic (exact) mass is 486 g/mol. The molecule has 0 saturated carbocycles. The summed E-state index contributed by atoms with van der Waals surface area (Å²) in [6.07, 6.45) is 4.92. The van der Waals surface area contributed by atoms with Crippen LogP contribution in [-0.4, -0.2) is 44.5 Å². The number of sulfonamides is 1. The SMILES string of the molecule is CN(c1ccc(OC(=O)C2CCCN(c3ncccn3)C2)cc1)S(=O)(=O)c1ccc(Cl)cc1. The molecule has 2 heterocycles. The van der Waals surface area contributed by atoms with Gasteiger partial charge in [-0.2, -0.15) is 0 Å². The number of piperidine rings is 1. The molecule has 172 valence electrons. The molecule has 0 aliphatic carbocycles. The van der Waals surface area contributed by atoms with Gasteiger partial charge in [0.2, 0.25) is 5.95 Å². The van der Waals surface area contributed by atoms with E-state index in [1.807, 2.05) is 4.90 Å². The number of carbonyl (C=O) groups is 1. The Morgan fingerprint density at radius 3 is 2.42 bits per heavy atom. The summed E-state index contributed by atoms with van der Waals surface area (Å²) in [6.45, 7) is 1.28. The number of hydrogen-bond donors (Lipinski definition) is 0. The van der Waals surface area contributed by atoms with Crippen molar-refractivity contribution in [1.82, 2.24) is 9.97 Å². The number of ether oxygens (including phenoxy) is 1. The van der Waals surface area contributed by atoms with E-state index in [-0.39, 0.29) is 16.8 Å². The molecule has 1 fully saturated rings. The number of carbonyl (C=O) groups excluding carboxylic acids is 1. The first-order valence-corrected chi connectivity index (χ1v) is 12.2. The molecule has 1 unspecified atom stereocenters. The Hall–Kier alpha value is -3.17. The fourth-order valence-corrected chi connectivity index (χ4v) is 4.95. The molecule has 0 N–H and O–H groups in total. The van der Waals surface area contributed by atoms with Crippen molar-refractivity contribution in [3.8, 4) is 5.75 Å². The molecule has 1 saturated heterocycles. The standard InChI is InChI=1S/C23H23ClN4O4S/c1-27(33(30,31)21-11-5-18(24)6-12-21)19-7-9-20(10-8-19)32-22(29)17-4-2-15-28(16-17)23-25-13-3-14-26-23/h3,5-14,17H,2,4,15-16H2,1H3. The van der Waals surface area contributed by atoms with E-state index in [4.69, 9.17) is 16.3 Å². The van der Waals surface area contributed by atoms with Crippen molar-refractivity contribution < 1.29 is 17.9 Å². The molecule has 0 radical (unpaired) electrons. The van der Waals surface area contributed by atoms with E-state index >= 15 is 0 Å². The fraction of sp³-hybridized carbons (Fsp3) is 0.261. The zero-order chi connectivity index (χ0) is 23.4. The second kappa shape index (κ2) is 9.76. The van der Waals surface area contributed by atoms with Crippen molar-refractivity contribution >= 4 is 39.2 Å². The topological polar surface area (TPSA) is 92.7 Å². The van der Waals surface area contributed by atoms with E-state index in [0.717, 1.165) is 19.4 Å². The molecule has 3 aromatic rings. The van der Waals surface area contributed by atoms with Crippen molar-refractivity contribution in [2.45, 2.75) is 17.7 Å². The minimum Gasteiger partial charge on any atom is -0.426 e. The summed E-state index contributed by atoms with van der Waals surface area (Å²) in [6, 6.07) is 14.1. The smallest absolute Gasteiger partial charge is 0.316 e.